The van der Waals surface area contributed by atoms with E-state index in [1.807, 2.05) is 7.05 Å². The highest BCUT2D eigenvalue weighted by Crippen LogP contribution is 2.39. The summed E-state index contributed by atoms with van der Waals surface area (Å²) in [7, 11) is 2.03. The van der Waals surface area contributed by atoms with Gasteiger partial charge in [-0.2, -0.15) is 0 Å². The number of nitrogens with zero attached hydrogens (tertiary/aromatic N) is 3. The van der Waals surface area contributed by atoms with E-state index in [0.29, 0.717) is 18.2 Å². The number of aromatic nitrogens is 2. The normalized spacial score (nSPS) is 27.7. The third kappa shape index (κ3) is 2.79. The molecule has 1 saturated carbocycles. The molecular formula is C16H23N5O2. The number of carbonyl (C=O) groups is 1. The van der Waals surface area contributed by atoms with Gasteiger partial charge in [0, 0.05) is 36.7 Å². The molecule has 23 heavy (non-hydrogen) atoms. The molecule has 0 aromatic carbocycles. The number of hydrogen-bond acceptors (Lipinski definition) is 6. The molecule has 0 radical (unpaired) electrons. The highest BCUT2D eigenvalue weighted by molar-refractivity contribution is 5.96. The summed E-state index contributed by atoms with van der Waals surface area (Å²) in [5.74, 6) is 1.94. The van der Waals surface area contributed by atoms with Gasteiger partial charge in [-0.3, -0.25) is 9.69 Å². The van der Waals surface area contributed by atoms with Crippen LogP contribution >= 0.6 is 0 Å². The molecule has 7 nitrogen and oxygen atoms in total. The van der Waals surface area contributed by atoms with E-state index in [-0.39, 0.29) is 24.6 Å². The van der Waals surface area contributed by atoms with Crippen LogP contribution in [-0.4, -0.2) is 64.7 Å². The van der Waals surface area contributed by atoms with Crippen LogP contribution in [0.2, 0.25) is 0 Å². The molecule has 4 rings (SSSR count). The number of fused-ring (bicyclic) bond motifs is 1. The Labute approximate surface area is 135 Å². The first-order chi connectivity index (χ1) is 11.2. The zero-order chi connectivity index (χ0) is 16.0. The fourth-order valence-electron chi connectivity index (χ4n) is 3.55. The quantitative estimate of drug-likeness (QED) is 0.731. The highest BCUT2D eigenvalue weighted by Gasteiger charge is 2.33. The standard InChI is InChI=1S/C16H23N5O2/c1-21-7-10(6-11(21)8-22)18-15-12-4-5-17-16(23)13(12)19-14(20-15)9-2-3-9/h9-11,22H,2-8H2,1H3,(H,17,23)(H,18,19,20)/t10-,11+/m1/s1. The van der Waals surface area contributed by atoms with Crippen molar-refractivity contribution < 1.29 is 9.90 Å². The summed E-state index contributed by atoms with van der Waals surface area (Å²) >= 11 is 0. The predicted molar refractivity (Wildman–Crippen MR) is 85.6 cm³/mol. The lowest BCUT2D eigenvalue weighted by atomic mass is 10.1. The Morgan fingerprint density at radius 2 is 2.22 bits per heavy atom. The van der Waals surface area contributed by atoms with Crippen LogP contribution < -0.4 is 10.6 Å². The van der Waals surface area contributed by atoms with Crippen LogP contribution in [0.15, 0.2) is 0 Å². The fraction of sp³-hybridized carbons (Fsp3) is 0.688. The molecule has 0 bridgehead atoms. The summed E-state index contributed by atoms with van der Waals surface area (Å²) in [4.78, 5) is 23.6. The third-order valence-corrected chi connectivity index (χ3v) is 5.08. The van der Waals surface area contributed by atoms with Gasteiger partial charge >= 0.3 is 0 Å². The second-order valence-electron chi connectivity index (χ2n) is 6.89. The van der Waals surface area contributed by atoms with E-state index in [1.54, 1.807) is 0 Å². The molecule has 1 aromatic heterocycles. The van der Waals surface area contributed by atoms with Crippen molar-refractivity contribution in [3.8, 4) is 0 Å². The summed E-state index contributed by atoms with van der Waals surface area (Å²) in [6, 6.07) is 0.435. The fourth-order valence-corrected chi connectivity index (χ4v) is 3.55. The van der Waals surface area contributed by atoms with Gasteiger partial charge in [0.1, 0.15) is 17.3 Å². The van der Waals surface area contributed by atoms with E-state index in [2.05, 4.69) is 20.5 Å². The molecule has 1 amide bonds. The number of rotatable bonds is 4. The van der Waals surface area contributed by atoms with Gasteiger partial charge in [0.05, 0.1) is 6.61 Å². The van der Waals surface area contributed by atoms with Gasteiger partial charge in [-0.1, -0.05) is 0 Å². The van der Waals surface area contributed by atoms with Crippen molar-refractivity contribution in [3.05, 3.63) is 17.1 Å². The van der Waals surface area contributed by atoms with Gasteiger partial charge in [0.15, 0.2) is 0 Å². The zero-order valence-electron chi connectivity index (χ0n) is 13.4. The summed E-state index contributed by atoms with van der Waals surface area (Å²) in [6.45, 7) is 1.68. The maximum Gasteiger partial charge on any atom is 0.270 e. The smallest absolute Gasteiger partial charge is 0.270 e. The van der Waals surface area contributed by atoms with Crippen LogP contribution in [0.5, 0.6) is 0 Å². The molecular weight excluding hydrogens is 294 g/mol. The van der Waals surface area contributed by atoms with Crippen molar-refractivity contribution in [2.24, 2.45) is 0 Å². The minimum absolute atomic E-state index is 0.0876. The molecule has 1 saturated heterocycles. The maximum atomic E-state index is 12.2. The number of likely N-dealkylation sites (tertiary alicyclic amines) is 1. The van der Waals surface area contributed by atoms with Gasteiger partial charge in [0.2, 0.25) is 0 Å². The zero-order valence-corrected chi connectivity index (χ0v) is 13.4. The average molecular weight is 317 g/mol. The molecule has 1 aliphatic carbocycles. The number of aliphatic hydroxyl groups excluding tert-OH is 1. The van der Waals surface area contributed by atoms with Crippen molar-refractivity contribution in [3.63, 3.8) is 0 Å². The Morgan fingerprint density at radius 1 is 1.39 bits per heavy atom. The maximum absolute atomic E-state index is 12.2. The van der Waals surface area contributed by atoms with E-state index >= 15 is 0 Å². The van der Waals surface area contributed by atoms with E-state index in [9.17, 15) is 9.90 Å². The van der Waals surface area contributed by atoms with E-state index < -0.39 is 0 Å². The molecule has 124 valence electrons. The summed E-state index contributed by atoms with van der Waals surface area (Å²) in [5.41, 5.74) is 1.48. The summed E-state index contributed by atoms with van der Waals surface area (Å²) in [5, 5.41) is 15.8. The van der Waals surface area contributed by atoms with Crippen molar-refractivity contribution in [1.29, 1.82) is 0 Å². The van der Waals surface area contributed by atoms with Crippen molar-refractivity contribution in [2.75, 3.05) is 32.1 Å². The Morgan fingerprint density at radius 3 is 2.91 bits per heavy atom. The molecule has 1 aromatic rings. The van der Waals surface area contributed by atoms with Crippen molar-refractivity contribution >= 4 is 11.7 Å². The Balaban J connectivity index is 1.63. The molecule has 2 aliphatic heterocycles. The number of likely N-dealkylation sites (N-methyl/N-ethyl adjacent to an activating group) is 1. The minimum atomic E-state index is -0.0876. The lowest BCUT2D eigenvalue weighted by molar-refractivity contribution is 0.0940. The van der Waals surface area contributed by atoms with Crippen LogP contribution in [0, 0.1) is 0 Å². The first-order valence-electron chi connectivity index (χ1n) is 8.42. The van der Waals surface area contributed by atoms with Crippen molar-refractivity contribution in [2.45, 2.75) is 43.7 Å². The highest BCUT2D eigenvalue weighted by atomic mass is 16.3. The van der Waals surface area contributed by atoms with Crippen LogP contribution in [-0.2, 0) is 6.42 Å². The molecule has 0 spiro atoms. The van der Waals surface area contributed by atoms with E-state index in [0.717, 1.165) is 49.4 Å². The number of anilines is 1. The Hall–Kier alpha value is -1.73. The van der Waals surface area contributed by atoms with Crippen LogP contribution in [0.1, 0.15) is 47.1 Å². The lowest BCUT2D eigenvalue weighted by Gasteiger charge is -2.22. The average Bonchev–Trinajstić information content (AvgIpc) is 3.32. The monoisotopic (exact) mass is 317 g/mol. The first-order valence-corrected chi connectivity index (χ1v) is 8.42. The second kappa shape index (κ2) is 5.72. The van der Waals surface area contributed by atoms with Gasteiger partial charge in [0.25, 0.3) is 5.91 Å². The second-order valence-corrected chi connectivity index (χ2v) is 6.89. The molecule has 3 aliphatic rings. The topological polar surface area (TPSA) is 90.4 Å². The Kier molecular flexibility index (Phi) is 3.69. The van der Waals surface area contributed by atoms with Crippen LogP contribution in [0.25, 0.3) is 0 Å². The predicted octanol–water partition coefficient (Wildman–Crippen LogP) is 0.117. The lowest BCUT2D eigenvalue weighted by Crippen LogP contribution is -2.35. The molecule has 3 heterocycles. The largest absolute Gasteiger partial charge is 0.395 e. The van der Waals surface area contributed by atoms with Gasteiger partial charge in [-0.25, -0.2) is 9.97 Å². The SMILES string of the molecule is CN1C[C@H](Nc2nc(C3CC3)nc3c2CCNC3=O)C[C@H]1CO. The van der Waals surface area contributed by atoms with Crippen LogP contribution in [0.3, 0.4) is 0 Å². The van der Waals surface area contributed by atoms with E-state index in [1.165, 1.54) is 0 Å². The molecule has 7 heteroatoms. The first kappa shape index (κ1) is 14.8. The molecule has 2 fully saturated rings. The van der Waals surface area contributed by atoms with Gasteiger partial charge in [-0.05, 0) is 32.7 Å². The van der Waals surface area contributed by atoms with Crippen LogP contribution in [0.4, 0.5) is 5.82 Å². The van der Waals surface area contributed by atoms with E-state index in [4.69, 9.17) is 4.98 Å². The molecule has 3 N–H and O–H groups in total. The van der Waals surface area contributed by atoms with Gasteiger partial charge in [-0.15, -0.1) is 0 Å². The number of hydrogen-bond donors (Lipinski definition) is 3. The molecule has 0 unspecified atom stereocenters. The molecule has 2 atom stereocenters. The van der Waals surface area contributed by atoms with Crippen molar-refractivity contribution in [1.82, 2.24) is 20.2 Å². The number of nitrogens with one attached hydrogen (secondary N) is 2. The summed E-state index contributed by atoms with van der Waals surface area (Å²) in [6.07, 6.45) is 3.87. The third-order valence-electron chi connectivity index (χ3n) is 5.08. The number of amides is 1. The number of carbonyl (C=O) groups excluding carboxylic acids is 1. The van der Waals surface area contributed by atoms with Gasteiger partial charge < -0.3 is 15.7 Å². The Bertz CT molecular complexity index is 631. The minimum Gasteiger partial charge on any atom is -0.395 e. The number of aliphatic hydroxyl groups is 1. The summed E-state index contributed by atoms with van der Waals surface area (Å²) < 4.78 is 0.